The normalized spacial score (nSPS) is 16.4. The van der Waals surface area contributed by atoms with Crippen molar-refractivity contribution in [2.45, 2.75) is 144 Å². The lowest BCUT2D eigenvalue weighted by atomic mass is 9.79. The van der Waals surface area contributed by atoms with Crippen LogP contribution in [0.5, 0.6) is 5.75 Å². The van der Waals surface area contributed by atoms with Crippen LogP contribution in [0.25, 0.3) is 78.2 Å². The van der Waals surface area contributed by atoms with Crippen LogP contribution in [-0.4, -0.2) is 31.8 Å². The summed E-state index contributed by atoms with van der Waals surface area (Å²) in [5.74, 6) is 2.80. The van der Waals surface area contributed by atoms with Crippen LogP contribution < -0.4 is 0 Å². The molecule has 0 aliphatic carbocycles. The van der Waals surface area contributed by atoms with Gasteiger partial charge in [0.25, 0.3) is 0 Å². The van der Waals surface area contributed by atoms with E-state index in [4.69, 9.17) is 19.4 Å². The number of para-hydroxylation sites is 1. The van der Waals surface area contributed by atoms with E-state index in [1.54, 1.807) is 0 Å². The first-order chi connectivity index (χ1) is 34.2. The number of phenols is 1. The maximum Gasteiger partial charge on any atom is 0.161 e. The molecule has 2 aliphatic heterocycles. The summed E-state index contributed by atoms with van der Waals surface area (Å²) in [7, 11) is 0. The number of imidazole rings is 1. The molecule has 1 N–H and O–H groups in total. The van der Waals surface area contributed by atoms with Crippen LogP contribution >= 0.6 is 0 Å². The molecule has 374 valence electrons. The van der Waals surface area contributed by atoms with E-state index < -0.39 is 0 Å². The lowest BCUT2D eigenvalue weighted by Crippen LogP contribution is -2.17. The van der Waals surface area contributed by atoms with E-state index in [9.17, 15) is 5.11 Å². The molecule has 0 radical (unpaired) electrons. The van der Waals surface area contributed by atoms with E-state index >= 15 is 0 Å². The number of ether oxygens (including phenoxy) is 2. The smallest absolute Gasteiger partial charge is 0.161 e. The molecule has 6 aromatic carbocycles. The van der Waals surface area contributed by atoms with Gasteiger partial charge in [-0.3, -0.25) is 9.55 Å². The molecule has 8 aromatic rings. The summed E-state index contributed by atoms with van der Waals surface area (Å²) < 4.78 is 15.2. The number of rotatable bonds is 7. The number of pyridine rings is 1. The van der Waals surface area contributed by atoms with Crippen LogP contribution in [-0.2, 0) is 31.1 Å². The van der Waals surface area contributed by atoms with E-state index in [2.05, 4.69) is 242 Å². The van der Waals surface area contributed by atoms with Crippen molar-refractivity contribution in [3.63, 3.8) is 0 Å². The Labute approximate surface area is 433 Å². The Balaban J connectivity index is 1.17. The first-order valence-corrected chi connectivity index (χ1v) is 26.1. The Bertz CT molecular complexity index is 3520. The molecule has 0 saturated heterocycles. The first kappa shape index (κ1) is 49.6. The number of allylic oxidation sites excluding steroid dienone is 1. The number of fused-ring (bicyclic) bond motifs is 3. The van der Waals surface area contributed by atoms with E-state index in [1.807, 2.05) is 6.20 Å². The van der Waals surface area contributed by atoms with Crippen LogP contribution in [0, 0.1) is 5.41 Å². The van der Waals surface area contributed by atoms with Gasteiger partial charge in [0.15, 0.2) is 12.2 Å². The number of phenolic OH excluding ortho intramolecular Hbond substituents is 1. The molecule has 73 heavy (non-hydrogen) atoms. The first-order valence-electron chi connectivity index (χ1n) is 26.1. The minimum absolute atomic E-state index is 0.0854. The minimum Gasteiger partial charge on any atom is -0.507 e. The van der Waals surface area contributed by atoms with E-state index in [0.717, 1.165) is 95.6 Å². The van der Waals surface area contributed by atoms with Crippen molar-refractivity contribution in [3.8, 4) is 56.3 Å². The number of aromatic nitrogens is 3. The molecule has 6 heteroatoms. The van der Waals surface area contributed by atoms with Crippen LogP contribution in [0.3, 0.4) is 0 Å². The number of nitrogens with zero attached hydrogens (tertiary/aromatic N) is 3. The zero-order valence-corrected chi connectivity index (χ0v) is 45.7. The van der Waals surface area contributed by atoms with Gasteiger partial charge in [-0.05, 0) is 115 Å². The average Bonchev–Trinajstić information content (AvgIpc) is 4.01. The highest BCUT2D eigenvalue weighted by Crippen LogP contribution is 2.47. The van der Waals surface area contributed by atoms with Gasteiger partial charge in [-0.2, -0.15) is 0 Å². The van der Waals surface area contributed by atoms with Gasteiger partial charge < -0.3 is 14.6 Å². The monoisotopic (exact) mass is 968 g/mol. The van der Waals surface area contributed by atoms with E-state index in [0.29, 0.717) is 11.4 Å². The molecule has 0 saturated carbocycles. The van der Waals surface area contributed by atoms with Crippen molar-refractivity contribution in [1.29, 1.82) is 0 Å². The summed E-state index contributed by atoms with van der Waals surface area (Å²) in [6, 6.07) is 43.9. The molecule has 2 aromatic heterocycles. The fourth-order valence-corrected chi connectivity index (χ4v) is 10.4. The zero-order chi connectivity index (χ0) is 52.2. The highest BCUT2D eigenvalue weighted by atomic mass is 16.6. The van der Waals surface area contributed by atoms with Gasteiger partial charge in [-0.1, -0.05) is 177 Å². The summed E-state index contributed by atoms with van der Waals surface area (Å²) in [5.41, 5.74) is 14.5. The molecule has 0 bridgehead atoms. The molecule has 0 spiro atoms. The Morgan fingerprint density at radius 1 is 0.534 bits per heavy atom. The van der Waals surface area contributed by atoms with Crippen molar-refractivity contribution in [2.75, 3.05) is 0 Å². The van der Waals surface area contributed by atoms with Crippen LogP contribution in [0.4, 0.5) is 0 Å². The Hall–Kier alpha value is -6.92. The molecule has 2 atom stereocenters. The van der Waals surface area contributed by atoms with Crippen molar-refractivity contribution >= 4 is 27.6 Å². The van der Waals surface area contributed by atoms with Gasteiger partial charge in [0, 0.05) is 51.9 Å². The predicted octanol–water partition coefficient (Wildman–Crippen LogP) is 17.6. The maximum atomic E-state index is 12.6. The van der Waals surface area contributed by atoms with Crippen molar-refractivity contribution in [2.24, 2.45) is 5.41 Å². The molecule has 0 amide bonds. The number of hydrogen-bond acceptors (Lipinski definition) is 5. The van der Waals surface area contributed by atoms with Gasteiger partial charge >= 0.3 is 0 Å². The Morgan fingerprint density at radius 2 is 1.21 bits per heavy atom. The predicted molar refractivity (Wildman–Crippen MR) is 304 cm³/mol. The summed E-state index contributed by atoms with van der Waals surface area (Å²) in [6.45, 7) is 33.5. The molecule has 10 rings (SSSR count). The van der Waals surface area contributed by atoms with Crippen molar-refractivity contribution in [3.05, 3.63) is 173 Å². The number of hydrogen-bond donors (Lipinski definition) is 1. The fourth-order valence-electron chi connectivity index (χ4n) is 10.4. The third kappa shape index (κ3) is 9.62. The Kier molecular flexibility index (Phi) is 12.0. The van der Waals surface area contributed by atoms with Gasteiger partial charge in [0.1, 0.15) is 17.3 Å². The third-order valence-corrected chi connectivity index (χ3v) is 14.6. The largest absolute Gasteiger partial charge is 0.507 e. The summed E-state index contributed by atoms with van der Waals surface area (Å²) >= 11 is 0. The number of aromatic hydroxyl groups is 1. The Morgan fingerprint density at radius 3 is 1.88 bits per heavy atom. The second-order valence-corrected chi connectivity index (χ2v) is 25.9. The van der Waals surface area contributed by atoms with E-state index in [-0.39, 0.29) is 45.0 Å². The lowest BCUT2D eigenvalue weighted by Gasteiger charge is -2.28. The molecule has 0 fully saturated rings. The third-order valence-electron chi connectivity index (χ3n) is 14.6. The SMILES string of the molecule is CC(C)(C)CC1=CC2OC(c3ccc4c(-c5cc(-c6cccc7c6nc(-c6cc(C(C)(C)C)cc(C(C)(C)C)c6O)n7-c6ccc(C(C)(C)C)cc6-c6ccccc6)cc(C(C)(C)C)c5)nccc4c3)=CC2O1. The highest BCUT2D eigenvalue weighted by Gasteiger charge is 2.37. The van der Waals surface area contributed by atoms with Crippen LogP contribution in [0.15, 0.2) is 145 Å². The molecular weight excluding hydrogens is 895 g/mol. The topological polar surface area (TPSA) is 69.4 Å². The summed E-state index contributed by atoms with van der Waals surface area (Å²) in [4.78, 5) is 10.9. The fraction of sp³-hybridized carbons (Fsp3) is 0.343. The molecule has 2 aliphatic rings. The molecule has 6 nitrogen and oxygen atoms in total. The molecule has 2 unspecified atom stereocenters. The van der Waals surface area contributed by atoms with Crippen molar-refractivity contribution < 1.29 is 14.6 Å². The summed E-state index contributed by atoms with van der Waals surface area (Å²) in [6.07, 6.45) is 6.86. The minimum atomic E-state index is -0.337. The standard InChI is InChI=1S/C67H73N3O3/c1-63(2,3)39-48-37-57-58(72-48)38-56(73-57)42-24-26-50-41(30-42)28-29-68-59(50)44-31-43(32-46(33-44)65(7,8)9)49-22-19-23-55-60(49)69-62(52-35-47(66(10,11)12)36-53(61(52)71)67(13,14)15)70(55)54-27-25-45(64(4,5)6)34-51(54)40-20-17-16-18-21-40/h16-38,57-58,71H,39H2,1-15H3. The van der Waals surface area contributed by atoms with Crippen LogP contribution in [0.2, 0.25) is 0 Å². The maximum absolute atomic E-state index is 12.6. The van der Waals surface area contributed by atoms with Crippen LogP contribution in [0.1, 0.15) is 138 Å². The van der Waals surface area contributed by atoms with Crippen molar-refractivity contribution in [1.82, 2.24) is 14.5 Å². The second kappa shape index (κ2) is 17.6. The van der Waals surface area contributed by atoms with Gasteiger partial charge in [-0.15, -0.1) is 0 Å². The number of benzene rings is 6. The molecule has 4 heterocycles. The lowest BCUT2D eigenvalue weighted by molar-refractivity contribution is 0.0962. The summed E-state index contributed by atoms with van der Waals surface area (Å²) in [5, 5.41) is 14.8. The van der Waals surface area contributed by atoms with Gasteiger partial charge in [-0.25, -0.2) is 4.98 Å². The quantitative estimate of drug-likeness (QED) is 0.172. The zero-order valence-electron chi connectivity index (χ0n) is 45.7. The average molecular weight is 968 g/mol. The highest BCUT2D eigenvalue weighted by molar-refractivity contribution is 6.00. The van der Waals surface area contributed by atoms with Gasteiger partial charge in [0.05, 0.1) is 33.7 Å². The van der Waals surface area contributed by atoms with E-state index in [1.165, 1.54) is 11.1 Å². The molecular formula is C67H73N3O3. The second-order valence-electron chi connectivity index (χ2n) is 25.9. The van der Waals surface area contributed by atoms with Gasteiger partial charge in [0.2, 0.25) is 0 Å².